The van der Waals surface area contributed by atoms with Crippen LogP contribution < -0.4 is 10.6 Å². The Bertz CT molecular complexity index is 832. The minimum absolute atomic E-state index is 0.158. The number of halogens is 1. The molecule has 2 amide bonds. The highest BCUT2D eigenvalue weighted by Gasteiger charge is 2.29. The molecule has 0 aliphatic carbocycles. The maximum Gasteiger partial charge on any atom is 0.239 e. The summed E-state index contributed by atoms with van der Waals surface area (Å²) in [6, 6.07) is 7.52. The summed E-state index contributed by atoms with van der Waals surface area (Å²) in [7, 11) is -3.98. The molecular weight excluding hydrogens is 351 g/mol. The average molecular weight is 368 g/mol. The predicted molar refractivity (Wildman–Crippen MR) is 86.6 cm³/mol. The first-order valence-corrected chi connectivity index (χ1v) is 8.91. The Morgan fingerprint density at radius 2 is 1.84 bits per heavy atom. The summed E-state index contributed by atoms with van der Waals surface area (Å²) in [6.07, 6.45) is 1.46. The van der Waals surface area contributed by atoms with Crippen molar-refractivity contribution in [2.45, 2.75) is 23.6 Å². The molecule has 1 aromatic carbocycles. The fraction of sp³-hybridized carbons (Fsp3) is 0.250. The summed E-state index contributed by atoms with van der Waals surface area (Å²) in [5.74, 6) is -1.34. The molecule has 0 aliphatic heterocycles. The third-order valence-electron chi connectivity index (χ3n) is 3.44. The molecule has 0 saturated heterocycles. The molecule has 0 aliphatic rings. The molecule has 2 aromatic rings. The second kappa shape index (κ2) is 7.93. The molecule has 1 atom stereocenters. The van der Waals surface area contributed by atoms with E-state index in [1.54, 1.807) is 12.1 Å². The number of benzene rings is 1. The SMILES string of the molecule is CC(C(=O)NCC(=O)NCc1ccco1)S(=O)(=O)c1ccc(F)cc1. The van der Waals surface area contributed by atoms with Crippen molar-refractivity contribution in [3.63, 3.8) is 0 Å². The molecule has 0 radical (unpaired) electrons. The van der Waals surface area contributed by atoms with E-state index in [0.717, 1.165) is 24.3 Å². The van der Waals surface area contributed by atoms with Crippen molar-refractivity contribution in [1.82, 2.24) is 10.6 Å². The van der Waals surface area contributed by atoms with E-state index in [1.165, 1.54) is 13.2 Å². The van der Waals surface area contributed by atoms with Gasteiger partial charge in [-0.3, -0.25) is 9.59 Å². The minimum atomic E-state index is -3.98. The molecule has 1 heterocycles. The summed E-state index contributed by atoms with van der Waals surface area (Å²) in [5, 5.41) is 3.36. The van der Waals surface area contributed by atoms with Crippen LogP contribution >= 0.6 is 0 Å². The molecule has 1 unspecified atom stereocenters. The Labute approximate surface area is 144 Å². The molecule has 2 rings (SSSR count). The highest BCUT2D eigenvalue weighted by atomic mass is 32.2. The zero-order valence-electron chi connectivity index (χ0n) is 13.4. The van der Waals surface area contributed by atoms with Crippen LogP contribution in [0.25, 0.3) is 0 Å². The number of hydrogen-bond donors (Lipinski definition) is 2. The fourth-order valence-electron chi connectivity index (χ4n) is 1.94. The second-order valence-corrected chi connectivity index (χ2v) is 7.48. The van der Waals surface area contributed by atoms with Gasteiger partial charge in [-0.05, 0) is 43.3 Å². The summed E-state index contributed by atoms with van der Waals surface area (Å²) in [5.41, 5.74) is 0. The Morgan fingerprint density at radius 3 is 2.44 bits per heavy atom. The molecule has 2 N–H and O–H groups in total. The van der Waals surface area contributed by atoms with Crippen LogP contribution in [0.2, 0.25) is 0 Å². The molecule has 7 nitrogen and oxygen atoms in total. The van der Waals surface area contributed by atoms with Gasteiger partial charge < -0.3 is 15.1 Å². The van der Waals surface area contributed by atoms with Gasteiger partial charge in [-0.1, -0.05) is 0 Å². The standard InChI is InChI=1S/C16H17FN2O5S/c1-11(25(22,23)14-6-4-12(17)5-7-14)16(21)19-10-15(20)18-9-13-3-2-8-24-13/h2-8,11H,9-10H2,1H3,(H,18,20)(H,19,21). The predicted octanol–water partition coefficient (Wildman–Crippen LogP) is 1.01. The first-order chi connectivity index (χ1) is 11.8. The van der Waals surface area contributed by atoms with Gasteiger partial charge in [0.05, 0.1) is 24.2 Å². The number of rotatable bonds is 7. The Morgan fingerprint density at radius 1 is 1.16 bits per heavy atom. The number of amides is 2. The number of furan rings is 1. The van der Waals surface area contributed by atoms with E-state index in [1.807, 2.05) is 0 Å². The van der Waals surface area contributed by atoms with Crippen molar-refractivity contribution in [2.75, 3.05) is 6.54 Å². The third-order valence-corrected chi connectivity index (χ3v) is 5.51. The van der Waals surface area contributed by atoms with Crippen molar-refractivity contribution in [3.05, 3.63) is 54.2 Å². The van der Waals surface area contributed by atoms with Gasteiger partial charge in [-0.2, -0.15) is 0 Å². The van der Waals surface area contributed by atoms with Crippen LogP contribution in [0, 0.1) is 5.82 Å². The Kier molecular flexibility index (Phi) is 5.92. The molecule has 9 heteroatoms. The van der Waals surface area contributed by atoms with Crippen molar-refractivity contribution >= 4 is 21.7 Å². The number of carbonyl (C=O) groups is 2. The van der Waals surface area contributed by atoms with Crippen molar-refractivity contribution in [3.8, 4) is 0 Å². The van der Waals surface area contributed by atoms with Gasteiger partial charge in [-0.15, -0.1) is 0 Å². The largest absolute Gasteiger partial charge is 0.467 e. The molecule has 25 heavy (non-hydrogen) atoms. The van der Waals surface area contributed by atoms with E-state index in [2.05, 4.69) is 10.6 Å². The minimum Gasteiger partial charge on any atom is -0.467 e. The number of nitrogens with one attached hydrogen (secondary N) is 2. The highest BCUT2D eigenvalue weighted by Crippen LogP contribution is 2.16. The van der Waals surface area contributed by atoms with Gasteiger partial charge in [0.2, 0.25) is 11.8 Å². The number of hydrogen-bond acceptors (Lipinski definition) is 5. The van der Waals surface area contributed by atoms with E-state index in [-0.39, 0.29) is 18.0 Å². The maximum atomic E-state index is 12.9. The number of carbonyl (C=O) groups excluding carboxylic acids is 2. The van der Waals surface area contributed by atoms with Gasteiger partial charge >= 0.3 is 0 Å². The molecule has 0 bridgehead atoms. The van der Waals surface area contributed by atoms with Gasteiger partial charge in [0.25, 0.3) is 0 Å². The van der Waals surface area contributed by atoms with Crippen LogP contribution in [0.15, 0.2) is 52.0 Å². The van der Waals surface area contributed by atoms with Crippen LogP contribution in [-0.2, 0) is 26.0 Å². The lowest BCUT2D eigenvalue weighted by molar-refractivity contribution is -0.125. The first kappa shape index (κ1) is 18.7. The monoisotopic (exact) mass is 368 g/mol. The third kappa shape index (κ3) is 4.90. The second-order valence-electron chi connectivity index (χ2n) is 5.22. The summed E-state index contributed by atoms with van der Waals surface area (Å²) in [6.45, 7) is 0.989. The van der Waals surface area contributed by atoms with Crippen molar-refractivity contribution in [2.24, 2.45) is 0 Å². The van der Waals surface area contributed by atoms with Crippen LogP contribution in [-0.4, -0.2) is 32.0 Å². The molecule has 0 fully saturated rings. The van der Waals surface area contributed by atoms with Gasteiger partial charge in [-0.25, -0.2) is 12.8 Å². The first-order valence-electron chi connectivity index (χ1n) is 7.37. The normalized spacial score (nSPS) is 12.4. The summed E-state index contributed by atoms with van der Waals surface area (Å²) < 4.78 is 42.6. The van der Waals surface area contributed by atoms with Crippen LogP contribution in [0.5, 0.6) is 0 Å². The van der Waals surface area contributed by atoms with Crippen molar-refractivity contribution in [1.29, 1.82) is 0 Å². The highest BCUT2D eigenvalue weighted by molar-refractivity contribution is 7.92. The van der Waals surface area contributed by atoms with E-state index >= 15 is 0 Å². The molecule has 0 saturated carbocycles. The van der Waals surface area contributed by atoms with Gasteiger partial charge in [0.15, 0.2) is 9.84 Å². The lowest BCUT2D eigenvalue weighted by Gasteiger charge is -2.13. The topological polar surface area (TPSA) is 105 Å². The lowest BCUT2D eigenvalue weighted by atomic mass is 10.3. The quantitative estimate of drug-likeness (QED) is 0.710. The Hall–Kier alpha value is -2.68. The van der Waals surface area contributed by atoms with Crippen LogP contribution in [0.4, 0.5) is 4.39 Å². The van der Waals surface area contributed by atoms with E-state index in [0.29, 0.717) is 5.76 Å². The lowest BCUT2D eigenvalue weighted by Crippen LogP contribution is -2.43. The van der Waals surface area contributed by atoms with E-state index in [9.17, 15) is 22.4 Å². The molecule has 1 aromatic heterocycles. The van der Waals surface area contributed by atoms with Crippen LogP contribution in [0.3, 0.4) is 0 Å². The zero-order valence-corrected chi connectivity index (χ0v) is 14.2. The van der Waals surface area contributed by atoms with Gasteiger partial charge in [0, 0.05) is 0 Å². The molecule has 0 spiro atoms. The zero-order chi connectivity index (χ0) is 18.4. The number of sulfone groups is 1. The maximum absolute atomic E-state index is 12.9. The molecular formula is C16H17FN2O5S. The smallest absolute Gasteiger partial charge is 0.239 e. The Balaban J connectivity index is 1.88. The average Bonchev–Trinajstić information content (AvgIpc) is 3.11. The summed E-state index contributed by atoms with van der Waals surface area (Å²) >= 11 is 0. The van der Waals surface area contributed by atoms with E-state index < -0.39 is 32.7 Å². The van der Waals surface area contributed by atoms with Gasteiger partial charge in [0.1, 0.15) is 16.8 Å². The van der Waals surface area contributed by atoms with E-state index in [4.69, 9.17) is 4.42 Å². The van der Waals surface area contributed by atoms with Crippen LogP contribution in [0.1, 0.15) is 12.7 Å². The fourth-order valence-corrected chi connectivity index (χ4v) is 3.23. The summed E-state index contributed by atoms with van der Waals surface area (Å²) in [4.78, 5) is 23.5. The van der Waals surface area contributed by atoms with Crippen molar-refractivity contribution < 1.29 is 26.8 Å². The molecule has 134 valence electrons.